The topological polar surface area (TPSA) is 36.3 Å². The number of aryl methyl sites for hydroxylation is 1. The summed E-state index contributed by atoms with van der Waals surface area (Å²) in [6, 6.07) is 9.43. The van der Waals surface area contributed by atoms with Gasteiger partial charge in [0.15, 0.2) is 5.11 Å². The van der Waals surface area contributed by atoms with Gasteiger partial charge in [-0.25, -0.2) is 0 Å². The van der Waals surface area contributed by atoms with Crippen molar-refractivity contribution in [2.45, 2.75) is 64.1 Å². The Morgan fingerprint density at radius 1 is 1.17 bits per heavy atom. The second kappa shape index (κ2) is 9.06. The number of rotatable bonds is 6. The fourth-order valence-electron chi connectivity index (χ4n) is 5.30. The van der Waals surface area contributed by atoms with Gasteiger partial charge in [-0.1, -0.05) is 25.3 Å². The fourth-order valence-corrected chi connectivity index (χ4v) is 5.63. The van der Waals surface area contributed by atoms with Gasteiger partial charge < -0.3 is 19.7 Å². The van der Waals surface area contributed by atoms with Crippen molar-refractivity contribution < 1.29 is 0 Å². The molecule has 1 aliphatic carbocycles. The molecule has 162 valence electrons. The van der Waals surface area contributed by atoms with E-state index in [1.54, 1.807) is 0 Å². The predicted molar refractivity (Wildman–Crippen MR) is 127 cm³/mol. The van der Waals surface area contributed by atoms with Crippen LogP contribution in [0.15, 0.2) is 30.5 Å². The van der Waals surface area contributed by atoms with Crippen LogP contribution in [-0.2, 0) is 0 Å². The van der Waals surface area contributed by atoms with Crippen LogP contribution in [0.1, 0.15) is 72.9 Å². The Morgan fingerprint density at radius 3 is 2.60 bits per heavy atom. The quantitative estimate of drug-likeness (QED) is 0.688. The smallest absolute Gasteiger partial charge is 0.170 e. The Labute approximate surface area is 186 Å². The lowest BCUT2D eigenvalue weighted by Gasteiger charge is -2.30. The van der Waals surface area contributed by atoms with E-state index in [0.717, 1.165) is 23.9 Å². The Balaban J connectivity index is 1.74. The molecule has 30 heavy (non-hydrogen) atoms. The van der Waals surface area contributed by atoms with E-state index >= 15 is 0 Å². The van der Waals surface area contributed by atoms with Gasteiger partial charge in [0.1, 0.15) is 0 Å². The standard InChI is InChI=1S/C24H35N5S/c1-17-16-20(18(2)29(17)19-10-6-5-7-11-19)23-22(21-12-8-9-13-25-21)26-24(30)28(23)15-14-27(3)4/h8-9,12-13,16,19,22-23H,5-7,10-11,14-15H2,1-4H3,(H,26,30). The minimum atomic E-state index is 0.0705. The second-order valence-electron chi connectivity index (χ2n) is 9.11. The van der Waals surface area contributed by atoms with Crippen molar-refractivity contribution in [3.8, 4) is 0 Å². The highest BCUT2D eigenvalue weighted by Crippen LogP contribution is 2.42. The molecule has 1 saturated carbocycles. The number of hydrogen-bond acceptors (Lipinski definition) is 3. The molecule has 0 amide bonds. The molecular formula is C24H35N5S. The molecule has 5 nitrogen and oxygen atoms in total. The number of likely N-dealkylation sites (N-methyl/N-ethyl adjacent to an activating group) is 1. The number of aromatic nitrogens is 2. The number of pyridine rings is 1. The average molecular weight is 426 g/mol. The van der Waals surface area contributed by atoms with Crippen LogP contribution >= 0.6 is 12.2 Å². The maximum atomic E-state index is 5.82. The van der Waals surface area contributed by atoms with E-state index in [4.69, 9.17) is 12.2 Å². The highest BCUT2D eigenvalue weighted by Gasteiger charge is 2.41. The van der Waals surface area contributed by atoms with Crippen LogP contribution in [-0.4, -0.2) is 51.6 Å². The molecule has 2 aromatic heterocycles. The molecule has 1 N–H and O–H groups in total. The van der Waals surface area contributed by atoms with Crippen LogP contribution in [0.4, 0.5) is 0 Å². The summed E-state index contributed by atoms with van der Waals surface area (Å²) in [5, 5.41) is 4.43. The van der Waals surface area contributed by atoms with Gasteiger partial charge >= 0.3 is 0 Å². The minimum Gasteiger partial charge on any atom is -0.352 e. The first-order valence-corrected chi connectivity index (χ1v) is 11.7. The Kier molecular flexibility index (Phi) is 6.44. The molecule has 0 radical (unpaired) electrons. The molecule has 1 saturated heterocycles. The van der Waals surface area contributed by atoms with Crippen molar-refractivity contribution in [3.05, 3.63) is 53.1 Å². The number of nitrogens with one attached hydrogen (secondary N) is 1. The summed E-state index contributed by atoms with van der Waals surface area (Å²) >= 11 is 5.82. The molecule has 0 bridgehead atoms. The van der Waals surface area contributed by atoms with Gasteiger partial charge in [-0.2, -0.15) is 0 Å². The van der Waals surface area contributed by atoms with Gasteiger partial charge in [-0.05, 0) is 76.8 Å². The van der Waals surface area contributed by atoms with Gasteiger partial charge in [0, 0.05) is 36.7 Å². The van der Waals surface area contributed by atoms with Gasteiger partial charge in [0.05, 0.1) is 17.8 Å². The molecule has 2 unspecified atom stereocenters. The monoisotopic (exact) mass is 425 g/mol. The van der Waals surface area contributed by atoms with E-state index in [0.29, 0.717) is 6.04 Å². The molecule has 6 heteroatoms. The van der Waals surface area contributed by atoms with Crippen LogP contribution < -0.4 is 5.32 Å². The third-order valence-corrected chi connectivity index (χ3v) is 7.12. The van der Waals surface area contributed by atoms with Crippen molar-refractivity contribution in [1.82, 2.24) is 24.7 Å². The molecule has 3 heterocycles. The fraction of sp³-hybridized carbons (Fsp3) is 0.583. The molecule has 2 aliphatic rings. The first-order valence-electron chi connectivity index (χ1n) is 11.3. The van der Waals surface area contributed by atoms with E-state index in [-0.39, 0.29) is 12.1 Å². The number of hydrogen-bond donors (Lipinski definition) is 1. The van der Waals surface area contributed by atoms with Crippen LogP contribution in [0, 0.1) is 13.8 Å². The van der Waals surface area contributed by atoms with Crippen LogP contribution in [0.3, 0.4) is 0 Å². The SMILES string of the molecule is Cc1cc(C2C(c3ccccn3)NC(=S)N2CCN(C)C)c(C)n1C1CCCCC1. The summed E-state index contributed by atoms with van der Waals surface area (Å²) in [6.07, 6.45) is 8.54. The van der Waals surface area contributed by atoms with E-state index < -0.39 is 0 Å². The molecule has 2 atom stereocenters. The van der Waals surface area contributed by atoms with Crippen molar-refractivity contribution in [2.75, 3.05) is 27.2 Å². The molecule has 0 spiro atoms. The molecule has 0 aromatic carbocycles. The van der Waals surface area contributed by atoms with Crippen LogP contribution in [0.2, 0.25) is 0 Å². The lowest BCUT2D eigenvalue weighted by atomic mass is 9.94. The molecule has 2 fully saturated rings. The van der Waals surface area contributed by atoms with E-state index in [9.17, 15) is 0 Å². The van der Waals surface area contributed by atoms with Crippen LogP contribution in [0.25, 0.3) is 0 Å². The zero-order valence-electron chi connectivity index (χ0n) is 18.8. The van der Waals surface area contributed by atoms with Gasteiger partial charge in [0.25, 0.3) is 0 Å². The average Bonchev–Trinajstić information content (AvgIpc) is 3.22. The predicted octanol–water partition coefficient (Wildman–Crippen LogP) is 4.54. The summed E-state index contributed by atoms with van der Waals surface area (Å²) in [4.78, 5) is 9.28. The Morgan fingerprint density at radius 2 is 1.93 bits per heavy atom. The Hall–Kier alpha value is -1.92. The lowest BCUT2D eigenvalue weighted by Crippen LogP contribution is -2.35. The molecule has 2 aromatic rings. The summed E-state index contributed by atoms with van der Waals surface area (Å²) in [7, 11) is 4.24. The van der Waals surface area contributed by atoms with Gasteiger partial charge in [-0.15, -0.1) is 0 Å². The van der Waals surface area contributed by atoms with Crippen molar-refractivity contribution in [1.29, 1.82) is 0 Å². The molecule has 1 aliphatic heterocycles. The Bertz CT molecular complexity index is 869. The normalized spacial score (nSPS) is 22.7. The van der Waals surface area contributed by atoms with Crippen molar-refractivity contribution >= 4 is 17.3 Å². The highest BCUT2D eigenvalue weighted by atomic mass is 32.1. The highest BCUT2D eigenvalue weighted by molar-refractivity contribution is 7.80. The van der Waals surface area contributed by atoms with E-state index in [1.165, 1.54) is 49.1 Å². The van der Waals surface area contributed by atoms with Crippen molar-refractivity contribution in [3.63, 3.8) is 0 Å². The van der Waals surface area contributed by atoms with Gasteiger partial charge in [0.2, 0.25) is 0 Å². The van der Waals surface area contributed by atoms with E-state index in [1.807, 2.05) is 12.3 Å². The van der Waals surface area contributed by atoms with E-state index in [2.05, 4.69) is 70.8 Å². The maximum Gasteiger partial charge on any atom is 0.170 e. The first kappa shape index (κ1) is 21.3. The zero-order chi connectivity index (χ0) is 21.3. The minimum absolute atomic E-state index is 0.0705. The summed E-state index contributed by atoms with van der Waals surface area (Å²) in [5.74, 6) is 0. The maximum absolute atomic E-state index is 5.82. The third kappa shape index (κ3) is 4.12. The zero-order valence-corrected chi connectivity index (χ0v) is 19.6. The lowest BCUT2D eigenvalue weighted by molar-refractivity contribution is 0.276. The number of thiocarbonyl (C=S) groups is 1. The largest absolute Gasteiger partial charge is 0.352 e. The first-order chi connectivity index (χ1) is 14.5. The molecular weight excluding hydrogens is 390 g/mol. The summed E-state index contributed by atoms with van der Waals surface area (Å²) in [5.41, 5.74) is 5.21. The van der Waals surface area contributed by atoms with Crippen LogP contribution in [0.5, 0.6) is 0 Å². The number of nitrogens with zero attached hydrogens (tertiary/aromatic N) is 4. The third-order valence-electron chi connectivity index (χ3n) is 6.77. The van der Waals surface area contributed by atoms with Gasteiger partial charge in [-0.3, -0.25) is 4.98 Å². The summed E-state index contributed by atoms with van der Waals surface area (Å²) in [6.45, 7) is 6.44. The second-order valence-corrected chi connectivity index (χ2v) is 9.50. The van der Waals surface area contributed by atoms with Crippen molar-refractivity contribution in [2.24, 2.45) is 0 Å². The molecule has 4 rings (SSSR count). The summed E-state index contributed by atoms with van der Waals surface area (Å²) < 4.78 is 2.61.